The van der Waals surface area contributed by atoms with E-state index in [1.165, 1.54) is 0 Å². The smallest absolute Gasteiger partial charge is 0.251 e. The van der Waals surface area contributed by atoms with Gasteiger partial charge in [0.1, 0.15) is 6.10 Å². The number of nitrogens with zero attached hydrogens (tertiary/aromatic N) is 4. The Kier molecular flexibility index (Phi) is 6.08. The highest BCUT2D eigenvalue weighted by atomic mass is 16.5. The maximum Gasteiger partial charge on any atom is 0.251 e. The first-order chi connectivity index (χ1) is 13.1. The summed E-state index contributed by atoms with van der Waals surface area (Å²) in [5.74, 6) is 0.752. The Balaban J connectivity index is 1.59. The summed E-state index contributed by atoms with van der Waals surface area (Å²) in [5, 5.41) is 10.2. The second-order valence-corrected chi connectivity index (χ2v) is 6.43. The number of rotatable bonds is 4. The van der Waals surface area contributed by atoms with Gasteiger partial charge in [-0.25, -0.2) is 0 Å². The first-order valence-corrected chi connectivity index (χ1v) is 8.97. The summed E-state index contributed by atoms with van der Waals surface area (Å²) < 4.78 is 7.68. The van der Waals surface area contributed by atoms with E-state index in [4.69, 9.17) is 4.74 Å². The second-order valence-electron chi connectivity index (χ2n) is 6.43. The van der Waals surface area contributed by atoms with Crippen LogP contribution >= 0.6 is 0 Å². The standard InChI is InChI=1S/C19H26N6O2/c1-20-18(26)15-6-4-14(5-7-15)10-22-19(21-2)25-8-9-27-17(13-25)16-11-23-24(3)12-16/h4-7,11-12,17H,8-10,13H2,1-3H3,(H,20,26)(H,21,22). The molecule has 1 amide bonds. The number of ether oxygens (including phenoxy) is 1. The van der Waals surface area contributed by atoms with Gasteiger partial charge in [0.25, 0.3) is 5.91 Å². The average Bonchev–Trinajstić information content (AvgIpc) is 3.15. The Bertz CT molecular complexity index is 799. The van der Waals surface area contributed by atoms with Crippen molar-refractivity contribution in [3.05, 3.63) is 53.3 Å². The molecule has 27 heavy (non-hydrogen) atoms. The van der Waals surface area contributed by atoms with Gasteiger partial charge in [-0.2, -0.15) is 5.10 Å². The van der Waals surface area contributed by atoms with Crippen LogP contribution in [0, 0.1) is 0 Å². The quantitative estimate of drug-likeness (QED) is 0.618. The molecule has 0 radical (unpaired) electrons. The monoisotopic (exact) mass is 370 g/mol. The van der Waals surface area contributed by atoms with E-state index in [0.29, 0.717) is 18.7 Å². The molecule has 2 heterocycles. The molecule has 1 atom stereocenters. The Labute approximate surface area is 159 Å². The van der Waals surface area contributed by atoms with Gasteiger partial charge >= 0.3 is 0 Å². The number of aliphatic imine (C=N–C) groups is 1. The molecule has 8 heteroatoms. The lowest BCUT2D eigenvalue weighted by Gasteiger charge is -2.34. The van der Waals surface area contributed by atoms with Gasteiger partial charge in [0, 0.05) is 51.6 Å². The topological polar surface area (TPSA) is 83.8 Å². The van der Waals surface area contributed by atoms with Crippen LogP contribution in [0.25, 0.3) is 0 Å². The number of guanidine groups is 1. The molecule has 1 unspecified atom stereocenters. The summed E-state index contributed by atoms with van der Waals surface area (Å²) in [6, 6.07) is 7.54. The Morgan fingerprint density at radius 2 is 2.15 bits per heavy atom. The molecule has 3 rings (SSSR count). The lowest BCUT2D eigenvalue weighted by molar-refractivity contribution is -0.00805. The minimum absolute atomic E-state index is 0.0159. The van der Waals surface area contributed by atoms with Crippen LogP contribution in [0.15, 0.2) is 41.7 Å². The molecule has 1 aromatic heterocycles. The summed E-state index contributed by atoms with van der Waals surface area (Å²) in [6.45, 7) is 2.78. The van der Waals surface area contributed by atoms with Gasteiger partial charge in [0.15, 0.2) is 5.96 Å². The molecule has 0 bridgehead atoms. The lowest BCUT2D eigenvalue weighted by atomic mass is 10.1. The number of morpholine rings is 1. The molecule has 1 aliphatic rings. The zero-order chi connectivity index (χ0) is 19.2. The minimum Gasteiger partial charge on any atom is -0.370 e. The maximum atomic E-state index is 11.6. The van der Waals surface area contributed by atoms with Crippen molar-refractivity contribution in [2.75, 3.05) is 33.8 Å². The van der Waals surface area contributed by atoms with E-state index in [0.717, 1.165) is 30.2 Å². The predicted molar refractivity (Wildman–Crippen MR) is 104 cm³/mol. The number of aryl methyl sites for hydroxylation is 1. The van der Waals surface area contributed by atoms with Gasteiger partial charge in [-0.05, 0) is 17.7 Å². The first-order valence-electron chi connectivity index (χ1n) is 8.97. The van der Waals surface area contributed by atoms with Crippen molar-refractivity contribution in [3.63, 3.8) is 0 Å². The summed E-state index contributed by atoms with van der Waals surface area (Å²) in [7, 11) is 5.31. The van der Waals surface area contributed by atoms with Crippen LogP contribution in [0.2, 0.25) is 0 Å². The molecular weight excluding hydrogens is 344 g/mol. The van der Waals surface area contributed by atoms with Gasteiger partial charge in [-0.1, -0.05) is 12.1 Å². The zero-order valence-electron chi connectivity index (χ0n) is 16.0. The predicted octanol–water partition coefficient (Wildman–Crippen LogP) is 0.929. The number of amides is 1. The normalized spacial score (nSPS) is 17.7. The number of aromatic nitrogens is 2. The molecule has 1 aromatic carbocycles. The van der Waals surface area contributed by atoms with E-state index in [1.54, 1.807) is 18.8 Å². The van der Waals surface area contributed by atoms with Gasteiger partial charge in [-0.3, -0.25) is 14.5 Å². The lowest BCUT2D eigenvalue weighted by Crippen LogP contribution is -2.47. The van der Waals surface area contributed by atoms with Crippen molar-refractivity contribution in [1.29, 1.82) is 0 Å². The van der Waals surface area contributed by atoms with Crippen molar-refractivity contribution in [2.24, 2.45) is 12.0 Å². The molecule has 1 fully saturated rings. The van der Waals surface area contributed by atoms with Gasteiger partial charge < -0.3 is 20.3 Å². The SMILES string of the molecule is CN=C(NCc1ccc(C(=O)NC)cc1)N1CCOC(c2cnn(C)c2)C1. The summed E-state index contributed by atoms with van der Waals surface area (Å²) in [4.78, 5) is 18.2. The molecule has 0 aliphatic carbocycles. The van der Waals surface area contributed by atoms with E-state index >= 15 is 0 Å². The fourth-order valence-corrected chi connectivity index (χ4v) is 3.08. The number of nitrogens with one attached hydrogen (secondary N) is 2. The van der Waals surface area contributed by atoms with Crippen LogP contribution < -0.4 is 10.6 Å². The Hall–Kier alpha value is -2.87. The number of hydrogen-bond donors (Lipinski definition) is 2. The Morgan fingerprint density at radius 1 is 1.37 bits per heavy atom. The van der Waals surface area contributed by atoms with Crippen molar-refractivity contribution < 1.29 is 9.53 Å². The molecule has 8 nitrogen and oxygen atoms in total. The van der Waals surface area contributed by atoms with Crippen LogP contribution in [0.3, 0.4) is 0 Å². The van der Waals surface area contributed by atoms with E-state index in [9.17, 15) is 4.79 Å². The minimum atomic E-state index is -0.0833. The molecule has 0 spiro atoms. The highest BCUT2D eigenvalue weighted by Gasteiger charge is 2.25. The molecule has 2 N–H and O–H groups in total. The third-order valence-electron chi connectivity index (χ3n) is 4.57. The maximum absolute atomic E-state index is 11.6. The fraction of sp³-hybridized carbons (Fsp3) is 0.421. The van der Waals surface area contributed by atoms with E-state index in [-0.39, 0.29) is 12.0 Å². The van der Waals surface area contributed by atoms with E-state index < -0.39 is 0 Å². The van der Waals surface area contributed by atoms with Gasteiger partial charge in [-0.15, -0.1) is 0 Å². The van der Waals surface area contributed by atoms with Crippen molar-refractivity contribution in [3.8, 4) is 0 Å². The van der Waals surface area contributed by atoms with Crippen molar-refractivity contribution in [1.82, 2.24) is 25.3 Å². The fourth-order valence-electron chi connectivity index (χ4n) is 3.08. The molecular formula is C19H26N6O2. The van der Waals surface area contributed by atoms with Crippen LogP contribution in [0.1, 0.15) is 27.6 Å². The number of hydrogen-bond acceptors (Lipinski definition) is 4. The van der Waals surface area contributed by atoms with Gasteiger partial charge in [0.05, 0.1) is 19.3 Å². The molecule has 1 saturated heterocycles. The van der Waals surface area contributed by atoms with E-state index in [2.05, 4.69) is 25.6 Å². The first kappa shape index (κ1) is 18.9. The molecule has 0 saturated carbocycles. The van der Waals surface area contributed by atoms with Gasteiger partial charge in [0.2, 0.25) is 0 Å². The number of carbonyl (C=O) groups is 1. The summed E-state index contributed by atoms with van der Waals surface area (Å²) >= 11 is 0. The zero-order valence-corrected chi connectivity index (χ0v) is 16.0. The van der Waals surface area contributed by atoms with Crippen LogP contribution in [-0.2, 0) is 18.3 Å². The molecule has 144 valence electrons. The number of benzene rings is 1. The van der Waals surface area contributed by atoms with Crippen molar-refractivity contribution in [2.45, 2.75) is 12.6 Å². The second kappa shape index (κ2) is 8.68. The molecule has 1 aliphatic heterocycles. The summed E-state index contributed by atoms with van der Waals surface area (Å²) in [6.07, 6.45) is 3.81. The third kappa shape index (κ3) is 4.65. The van der Waals surface area contributed by atoms with Crippen LogP contribution in [0.4, 0.5) is 0 Å². The highest BCUT2D eigenvalue weighted by Crippen LogP contribution is 2.21. The number of carbonyl (C=O) groups excluding carboxylic acids is 1. The molecule has 2 aromatic rings. The largest absolute Gasteiger partial charge is 0.370 e. The van der Waals surface area contributed by atoms with E-state index in [1.807, 2.05) is 43.7 Å². The third-order valence-corrected chi connectivity index (χ3v) is 4.57. The van der Waals surface area contributed by atoms with Crippen LogP contribution in [0.5, 0.6) is 0 Å². The average molecular weight is 370 g/mol. The van der Waals surface area contributed by atoms with Crippen molar-refractivity contribution >= 4 is 11.9 Å². The highest BCUT2D eigenvalue weighted by molar-refractivity contribution is 5.93. The van der Waals surface area contributed by atoms with Crippen LogP contribution in [-0.4, -0.2) is 60.3 Å². The summed E-state index contributed by atoms with van der Waals surface area (Å²) in [5.41, 5.74) is 2.81. The Morgan fingerprint density at radius 3 is 2.78 bits per heavy atom.